The van der Waals surface area contributed by atoms with Gasteiger partial charge in [-0.2, -0.15) is 0 Å². The maximum absolute atomic E-state index is 12.1. The average molecular weight is 365 g/mol. The number of aromatic nitrogens is 1. The van der Waals surface area contributed by atoms with Crippen LogP contribution < -0.4 is 4.74 Å². The Hall–Kier alpha value is -0.570. The van der Waals surface area contributed by atoms with Crippen LogP contribution in [0.25, 0.3) is 0 Å². The van der Waals surface area contributed by atoms with Gasteiger partial charge in [-0.1, -0.05) is 0 Å². The topological polar surface area (TPSA) is 39.2 Å². The standard InChI is InChI=1S/C8H4ClF3INO2/c1-3-2-4(13)14-5(7(9)15)6(3)16-8(10,11)12/h2H,1H3. The number of aryl methyl sites for hydroxylation is 1. The van der Waals surface area contributed by atoms with Crippen LogP contribution >= 0.6 is 34.2 Å². The summed E-state index contributed by atoms with van der Waals surface area (Å²) in [5.74, 6) is -0.659. The van der Waals surface area contributed by atoms with Gasteiger partial charge in [0.1, 0.15) is 3.70 Å². The van der Waals surface area contributed by atoms with Crippen LogP contribution in [-0.2, 0) is 0 Å². The fraction of sp³-hybridized carbons (Fsp3) is 0.250. The zero-order valence-electron chi connectivity index (χ0n) is 7.73. The summed E-state index contributed by atoms with van der Waals surface area (Å²) in [5, 5.41) is -1.10. The number of ether oxygens (including phenoxy) is 1. The minimum absolute atomic E-state index is 0.140. The Balaban J connectivity index is 3.30. The molecule has 0 aliphatic heterocycles. The number of pyridine rings is 1. The van der Waals surface area contributed by atoms with Crippen LogP contribution in [0.1, 0.15) is 16.1 Å². The Labute approximate surface area is 107 Å². The quantitative estimate of drug-likeness (QED) is 0.459. The lowest BCUT2D eigenvalue weighted by molar-refractivity contribution is -0.275. The number of halogens is 5. The van der Waals surface area contributed by atoms with E-state index in [4.69, 9.17) is 11.6 Å². The molecule has 3 nitrogen and oxygen atoms in total. The average Bonchev–Trinajstić information content (AvgIpc) is 2.07. The van der Waals surface area contributed by atoms with Gasteiger partial charge in [-0.25, -0.2) is 4.98 Å². The van der Waals surface area contributed by atoms with E-state index in [0.717, 1.165) is 0 Å². The van der Waals surface area contributed by atoms with E-state index in [9.17, 15) is 18.0 Å². The van der Waals surface area contributed by atoms with Crippen LogP contribution in [0.15, 0.2) is 6.07 Å². The summed E-state index contributed by atoms with van der Waals surface area (Å²) < 4.78 is 40.2. The first-order chi connectivity index (χ1) is 7.20. The highest BCUT2D eigenvalue weighted by atomic mass is 127. The summed E-state index contributed by atoms with van der Waals surface area (Å²) in [5.41, 5.74) is -0.399. The molecule has 0 bridgehead atoms. The van der Waals surface area contributed by atoms with Crippen LogP contribution in [-0.4, -0.2) is 16.6 Å². The number of hydrogen-bond acceptors (Lipinski definition) is 3. The van der Waals surface area contributed by atoms with Gasteiger partial charge in [-0.05, 0) is 52.7 Å². The smallest absolute Gasteiger partial charge is 0.403 e. The number of carbonyl (C=O) groups excluding carboxylic acids is 1. The van der Waals surface area contributed by atoms with Gasteiger partial charge in [-0.3, -0.25) is 4.79 Å². The Kier molecular flexibility index (Phi) is 4.00. The Morgan fingerprint density at radius 3 is 2.56 bits per heavy atom. The Morgan fingerprint density at radius 1 is 1.56 bits per heavy atom. The molecule has 0 saturated heterocycles. The molecule has 0 N–H and O–H groups in total. The summed E-state index contributed by atoms with van der Waals surface area (Å²) in [6.45, 7) is 1.37. The highest BCUT2D eigenvalue weighted by Gasteiger charge is 2.34. The molecule has 0 saturated carbocycles. The fourth-order valence-electron chi connectivity index (χ4n) is 0.999. The summed E-state index contributed by atoms with van der Waals surface area (Å²) >= 11 is 6.89. The van der Waals surface area contributed by atoms with E-state index in [-0.39, 0.29) is 5.56 Å². The van der Waals surface area contributed by atoms with Gasteiger partial charge < -0.3 is 4.74 Å². The first-order valence-corrected chi connectivity index (χ1v) is 5.29. The van der Waals surface area contributed by atoms with E-state index >= 15 is 0 Å². The van der Waals surface area contributed by atoms with Gasteiger partial charge in [0, 0.05) is 0 Å². The number of nitrogens with zero attached hydrogens (tertiary/aromatic N) is 1. The third kappa shape index (κ3) is 3.48. The zero-order valence-corrected chi connectivity index (χ0v) is 10.6. The maximum atomic E-state index is 12.1. The molecule has 0 aromatic carbocycles. The lowest BCUT2D eigenvalue weighted by Crippen LogP contribution is -2.20. The molecule has 0 fully saturated rings. The first kappa shape index (κ1) is 13.5. The summed E-state index contributed by atoms with van der Waals surface area (Å²) in [7, 11) is 0. The van der Waals surface area contributed by atoms with Crippen LogP contribution in [0, 0.1) is 10.6 Å². The minimum atomic E-state index is -4.89. The minimum Gasteiger partial charge on any atom is -0.403 e. The number of rotatable bonds is 2. The van der Waals surface area contributed by atoms with Crippen molar-refractivity contribution in [2.24, 2.45) is 0 Å². The van der Waals surface area contributed by atoms with E-state index in [1.54, 1.807) is 22.6 Å². The van der Waals surface area contributed by atoms with E-state index in [0.29, 0.717) is 3.70 Å². The zero-order chi connectivity index (χ0) is 12.5. The molecular weight excluding hydrogens is 361 g/mol. The molecule has 0 aliphatic rings. The molecule has 1 aromatic heterocycles. The summed E-state index contributed by atoms with van der Waals surface area (Å²) in [6.07, 6.45) is -4.89. The molecule has 0 amide bonds. The highest BCUT2D eigenvalue weighted by molar-refractivity contribution is 14.1. The summed E-state index contributed by atoms with van der Waals surface area (Å²) in [6, 6.07) is 1.35. The Bertz CT molecular complexity index is 436. The molecule has 88 valence electrons. The second-order valence-corrected chi connectivity index (χ2v) is 4.21. The van der Waals surface area contributed by atoms with Gasteiger partial charge in [0.25, 0.3) is 5.24 Å². The lowest BCUT2D eigenvalue weighted by Gasteiger charge is -2.13. The molecule has 1 rings (SSSR count). The van der Waals surface area contributed by atoms with Crippen LogP contribution in [0.4, 0.5) is 13.2 Å². The number of alkyl halides is 3. The van der Waals surface area contributed by atoms with E-state index < -0.39 is 23.0 Å². The molecule has 0 aliphatic carbocycles. The predicted octanol–water partition coefficient (Wildman–Crippen LogP) is 3.27. The molecular formula is C8H4ClF3INO2. The van der Waals surface area contributed by atoms with Gasteiger partial charge in [0.05, 0.1) is 0 Å². The number of hydrogen-bond donors (Lipinski definition) is 0. The third-order valence-corrected chi connectivity index (χ3v) is 2.26. The molecule has 0 unspecified atom stereocenters. The molecule has 1 heterocycles. The van der Waals surface area contributed by atoms with Gasteiger partial charge >= 0.3 is 6.36 Å². The van der Waals surface area contributed by atoms with Crippen molar-refractivity contribution in [3.63, 3.8) is 0 Å². The lowest BCUT2D eigenvalue weighted by atomic mass is 10.2. The van der Waals surface area contributed by atoms with Crippen molar-refractivity contribution in [1.29, 1.82) is 0 Å². The molecule has 8 heteroatoms. The molecule has 0 radical (unpaired) electrons. The Morgan fingerprint density at radius 2 is 2.12 bits per heavy atom. The van der Waals surface area contributed by atoms with Crippen molar-refractivity contribution in [2.45, 2.75) is 13.3 Å². The van der Waals surface area contributed by atoms with Crippen LogP contribution in [0.2, 0.25) is 0 Å². The monoisotopic (exact) mass is 365 g/mol. The van der Waals surface area contributed by atoms with Gasteiger partial charge in [0.2, 0.25) is 0 Å². The second kappa shape index (κ2) is 4.74. The normalized spacial score (nSPS) is 11.4. The van der Waals surface area contributed by atoms with Crippen molar-refractivity contribution >= 4 is 39.4 Å². The van der Waals surface area contributed by atoms with Crippen molar-refractivity contribution < 1.29 is 22.7 Å². The molecule has 1 aromatic rings. The molecule has 0 spiro atoms. The van der Waals surface area contributed by atoms with E-state index in [2.05, 4.69) is 9.72 Å². The van der Waals surface area contributed by atoms with E-state index in [1.165, 1.54) is 13.0 Å². The SMILES string of the molecule is Cc1cc(I)nc(C(=O)Cl)c1OC(F)(F)F. The highest BCUT2D eigenvalue weighted by Crippen LogP contribution is 2.30. The largest absolute Gasteiger partial charge is 0.573 e. The molecule has 16 heavy (non-hydrogen) atoms. The predicted molar refractivity (Wildman–Crippen MR) is 58.6 cm³/mol. The second-order valence-electron chi connectivity index (χ2n) is 2.76. The fourth-order valence-corrected chi connectivity index (χ4v) is 1.83. The van der Waals surface area contributed by atoms with Crippen LogP contribution in [0.5, 0.6) is 5.75 Å². The third-order valence-electron chi connectivity index (χ3n) is 1.53. The first-order valence-electron chi connectivity index (χ1n) is 3.83. The van der Waals surface area contributed by atoms with Crippen molar-refractivity contribution in [2.75, 3.05) is 0 Å². The van der Waals surface area contributed by atoms with Crippen molar-refractivity contribution in [1.82, 2.24) is 4.98 Å². The van der Waals surface area contributed by atoms with Gasteiger partial charge in [0.15, 0.2) is 11.4 Å². The van der Waals surface area contributed by atoms with Crippen molar-refractivity contribution in [3.05, 3.63) is 21.0 Å². The van der Waals surface area contributed by atoms with Gasteiger partial charge in [-0.15, -0.1) is 13.2 Å². The number of carbonyl (C=O) groups is 1. The molecule has 0 atom stereocenters. The van der Waals surface area contributed by atoms with Crippen molar-refractivity contribution in [3.8, 4) is 5.75 Å². The maximum Gasteiger partial charge on any atom is 0.573 e. The summed E-state index contributed by atoms with van der Waals surface area (Å²) in [4.78, 5) is 14.5. The van der Waals surface area contributed by atoms with Crippen LogP contribution in [0.3, 0.4) is 0 Å². The van der Waals surface area contributed by atoms with E-state index in [1.807, 2.05) is 0 Å².